The van der Waals surface area contributed by atoms with E-state index < -0.39 is 5.97 Å². The number of benzene rings is 1. The van der Waals surface area contributed by atoms with E-state index >= 15 is 0 Å². The van der Waals surface area contributed by atoms with Gasteiger partial charge >= 0.3 is 5.97 Å². The van der Waals surface area contributed by atoms with Crippen molar-refractivity contribution in [1.29, 1.82) is 0 Å². The molecule has 0 saturated heterocycles. The third-order valence-electron chi connectivity index (χ3n) is 2.65. The topological polar surface area (TPSA) is 75.8 Å². The lowest BCUT2D eigenvalue weighted by atomic mass is 10.1. The molecular formula is C13H20N2O3. The first kappa shape index (κ1) is 14.3. The molecule has 0 amide bonds. The Hall–Kier alpha value is -1.75. The predicted octanol–water partition coefficient (Wildman–Crippen LogP) is 1.83. The van der Waals surface area contributed by atoms with Crippen LogP contribution in [0.1, 0.15) is 23.7 Å². The normalized spacial score (nSPS) is 10.3. The molecule has 100 valence electrons. The molecule has 0 aliphatic carbocycles. The van der Waals surface area contributed by atoms with E-state index in [1.54, 1.807) is 12.1 Å². The molecule has 0 bridgehead atoms. The van der Waals surface area contributed by atoms with E-state index in [-0.39, 0.29) is 5.56 Å². The van der Waals surface area contributed by atoms with Crippen molar-refractivity contribution in [2.75, 3.05) is 37.4 Å². The van der Waals surface area contributed by atoms with Gasteiger partial charge in [0.25, 0.3) is 0 Å². The van der Waals surface area contributed by atoms with Gasteiger partial charge in [-0.1, -0.05) is 0 Å². The molecule has 0 heterocycles. The van der Waals surface area contributed by atoms with Gasteiger partial charge in [-0.3, -0.25) is 0 Å². The monoisotopic (exact) mass is 252 g/mol. The number of nitrogens with two attached hydrogens (primary N) is 1. The second-order valence-electron chi connectivity index (χ2n) is 4.05. The summed E-state index contributed by atoms with van der Waals surface area (Å²) in [6, 6.07) is 4.93. The fourth-order valence-electron chi connectivity index (χ4n) is 1.73. The molecule has 0 fully saturated rings. The summed E-state index contributed by atoms with van der Waals surface area (Å²) in [4.78, 5) is 13.1. The highest BCUT2D eigenvalue weighted by molar-refractivity contribution is 5.95. The van der Waals surface area contributed by atoms with Crippen LogP contribution >= 0.6 is 0 Å². The molecular weight excluding hydrogens is 232 g/mol. The van der Waals surface area contributed by atoms with Crippen LogP contribution in [0, 0.1) is 0 Å². The predicted molar refractivity (Wildman–Crippen MR) is 72.2 cm³/mol. The van der Waals surface area contributed by atoms with E-state index in [1.165, 1.54) is 6.07 Å². The smallest absolute Gasteiger partial charge is 0.337 e. The Bertz CT molecular complexity index is 407. The number of hydrogen-bond donors (Lipinski definition) is 2. The molecule has 0 atom stereocenters. The maximum Gasteiger partial charge on any atom is 0.337 e. The van der Waals surface area contributed by atoms with Gasteiger partial charge in [-0.2, -0.15) is 0 Å². The summed E-state index contributed by atoms with van der Waals surface area (Å²) in [5, 5.41) is 9.14. The Labute approximate surface area is 107 Å². The number of ether oxygens (including phenoxy) is 1. The van der Waals surface area contributed by atoms with Gasteiger partial charge in [0.15, 0.2) is 0 Å². The fourth-order valence-corrected chi connectivity index (χ4v) is 1.73. The lowest BCUT2D eigenvalue weighted by Gasteiger charge is -2.21. The number of carboxylic acid groups (broad SMARTS) is 1. The number of anilines is 2. The minimum atomic E-state index is -0.964. The first-order valence-corrected chi connectivity index (χ1v) is 5.98. The Morgan fingerprint density at radius 1 is 1.50 bits per heavy atom. The second kappa shape index (κ2) is 6.86. The number of carboxylic acids is 1. The number of nitrogens with zero attached hydrogens (tertiary/aromatic N) is 1. The van der Waals surface area contributed by atoms with Gasteiger partial charge in [-0.15, -0.1) is 0 Å². The molecule has 0 aromatic heterocycles. The van der Waals surface area contributed by atoms with Crippen molar-refractivity contribution in [3.63, 3.8) is 0 Å². The van der Waals surface area contributed by atoms with E-state index in [9.17, 15) is 4.79 Å². The third kappa shape index (κ3) is 3.92. The van der Waals surface area contributed by atoms with Crippen LogP contribution in [0.15, 0.2) is 18.2 Å². The number of rotatable bonds is 7. The molecule has 3 N–H and O–H groups in total. The zero-order valence-electron chi connectivity index (χ0n) is 10.8. The van der Waals surface area contributed by atoms with Gasteiger partial charge in [0, 0.05) is 32.5 Å². The highest BCUT2D eigenvalue weighted by Crippen LogP contribution is 2.22. The van der Waals surface area contributed by atoms with Crippen LogP contribution in [-0.2, 0) is 4.74 Å². The van der Waals surface area contributed by atoms with Crippen molar-refractivity contribution in [3.05, 3.63) is 23.8 Å². The van der Waals surface area contributed by atoms with Gasteiger partial charge in [0.2, 0.25) is 0 Å². The summed E-state index contributed by atoms with van der Waals surface area (Å²) in [5.41, 5.74) is 6.97. The Morgan fingerprint density at radius 2 is 2.22 bits per heavy atom. The number of nitrogen functional groups attached to an aromatic ring is 1. The van der Waals surface area contributed by atoms with Crippen molar-refractivity contribution >= 4 is 17.3 Å². The minimum Gasteiger partial charge on any atom is -0.478 e. The van der Waals surface area contributed by atoms with Crippen LogP contribution in [0.3, 0.4) is 0 Å². The molecule has 0 radical (unpaired) electrons. The van der Waals surface area contributed by atoms with Gasteiger partial charge in [0.05, 0.1) is 11.3 Å². The zero-order chi connectivity index (χ0) is 13.5. The first-order chi connectivity index (χ1) is 8.56. The Kier molecular flexibility index (Phi) is 5.45. The van der Waals surface area contributed by atoms with Crippen LogP contribution in [0.2, 0.25) is 0 Å². The maximum atomic E-state index is 11.1. The molecule has 1 aromatic rings. The molecule has 5 heteroatoms. The summed E-state index contributed by atoms with van der Waals surface area (Å²) in [7, 11) is 1.86. The van der Waals surface area contributed by atoms with Crippen LogP contribution in [0.25, 0.3) is 0 Å². The molecule has 0 saturated carbocycles. The largest absolute Gasteiger partial charge is 0.478 e. The van der Waals surface area contributed by atoms with Crippen molar-refractivity contribution in [3.8, 4) is 0 Å². The summed E-state index contributed by atoms with van der Waals surface area (Å²) < 4.78 is 5.25. The molecule has 1 aromatic carbocycles. The maximum absolute atomic E-state index is 11.1. The number of hydrogen-bond acceptors (Lipinski definition) is 4. The quantitative estimate of drug-likeness (QED) is 0.572. The summed E-state index contributed by atoms with van der Waals surface area (Å²) >= 11 is 0. The average molecular weight is 252 g/mol. The summed E-state index contributed by atoms with van der Waals surface area (Å²) in [5.74, 6) is -0.964. The summed E-state index contributed by atoms with van der Waals surface area (Å²) in [6.07, 6.45) is 0.855. The number of carbonyl (C=O) groups is 1. The van der Waals surface area contributed by atoms with Crippen LogP contribution in [0.5, 0.6) is 0 Å². The molecule has 1 rings (SSSR count). The molecule has 0 spiro atoms. The van der Waals surface area contributed by atoms with Gasteiger partial charge in [0.1, 0.15) is 0 Å². The molecule has 5 nitrogen and oxygen atoms in total. The third-order valence-corrected chi connectivity index (χ3v) is 2.65. The van der Waals surface area contributed by atoms with Crippen molar-refractivity contribution in [1.82, 2.24) is 0 Å². The van der Waals surface area contributed by atoms with E-state index in [4.69, 9.17) is 15.6 Å². The van der Waals surface area contributed by atoms with Crippen molar-refractivity contribution in [2.24, 2.45) is 0 Å². The molecule has 0 aliphatic heterocycles. The Balaban J connectivity index is 2.72. The fraction of sp³-hybridized carbons (Fsp3) is 0.462. The Morgan fingerprint density at radius 3 is 2.83 bits per heavy atom. The van der Waals surface area contributed by atoms with Crippen LogP contribution < -0.4 is 10.6 Å². The molecule has 18 heavy (non-hydrogen) atoms. The highest BCUT2D eigenvalue weighted by Gasteiger charge is 2.13. The van der Waals surface area contributed by atoms with Crippen LogP contribution in [0.4, 0.5) is 11.4 Å². The lowest BCUT2D eigenvalue weighted by Crippen LogP contribution is -2.22. The van der Waals surface area contributed by atoms with Crippen LogP contribution in [-0.4, -0.2) is 37.9 Å². The highest BCUT2D eigenvalue weighted by atomic mass is 16.5. The second-order valence-corrected chi connectivity index (χ2v) is 4.05. The standard InChI is InChI=1S/C13H20N2O3/c1-3-18-8-4-7-15(2)12-6-5-10(14)9-11(12)13(16)17/h5-6,9H,3-4,7-8,14H2,1-2H3,(H,16,17). The van der Waals surface area contributed by atoms with Crippen molar-refractivity contribution < 1.29 is 14.6 Å². The number of aromatic carboxylic acids is 1. The van der Waals surface area contributed by atoms with Gasteiger partial charge in [-0.05, 0) is 31.5 Å². The van der Waals surface area contributed by atoms with Gasteiger partial charge < -0.3 is 20.5 Å². The van der Waals surface area contributed by atoms with E-state index in [1.807, 2.05) is 18.9 Å². The van der Waals surface area contributed by atoms with Crippen molar-refractivity contribution in [2.45, 2.75) is 13.3 Å². The van der Waals surface area contributed by atoms with Gasteiger partial charge in [-0.25, -0.2) is 4.79 Å². The minimum absolute atomic E-state index is 0.230. The average Bonchev–Trinajstić information content (AvgIpc) is 2.34. The molecule has 0 aliphatic rings. The SMILES string of the molecule is CCOCCCN(C)c1ccc(N)cc1C(=O)O. The van der Waals surface area contributed by atoms with E-state index in [2.05, 4.69) is 0 Å². The summed E-state index contributed by atoms with van der Waals surface area (Å²) in [6.45, 7) is 4.07. The van der Waals surface area contributed by atoms with E-state index in [0.717, 1.165) is 13.0 Å². The zero-order valence-corrected chi connectivity index (χ0v) is 10.8. The first-order valence-electron chi connectivity index (χ1n) is 5.98. The van der Waals surface area contributed by atoms with E-state index in [0.29, 0.717) is 24.6 Å². The lowest BCUT2D eigenvalue weighted by molar-refractivity contribution is 0.0697. The molecule has 0 unspecified atom stereocenters.